The largest absolute Gasteiger partial charge is 0.491 e. The van der Waals surface area contributed by atoms with E-state index in [0.29, 0.717) is 24.5 Å². The van der Waals surface area contributed by atoms with Crippen molar-refractivity contribution in [3.05, 3.63) is 11.5 Å². The Balaban J connectivity index is 2.37. The third kappa shape index (κ3) is 2.17. The number of carbonyl (C=O) groups excluding carboxylic acids is 1. The minimum absolute atomic E-state index is 0.0674. The molecule has 6 heteroatoms. The van der Waals surface area contributed by atoms with Gasteiger partial charge in [0.15, 0.2) is 11.6 Å². The Kier molecular flexibility index (Phi) is 3.16. The fourth-order valence-corrected chi connectivity index (χ4v) is 1.83. The predicted octanol–water partition coefficient (Wildman–Crippen LogP) is 1.12. The molecule has 0 radical (unpaired) electrons. The Morgan fingerprint density at radius 2 is 2.47 bits per heavy atom. The maximum atomic E-state index is 11.8. The highest BCUT2D eigenvalue weighted by atomic mass is 35.5. The summed E-state index contributed by atoms with van der Waals surface area (Å²) in [6.07, 6.45) is 7.07. The van der Waals surface area contributed by atoms with E-state index in [2.05, 4.69) is 15.9 Å². The quantitative estimate of drug-likeness (QED) is 0.584. The lowest BCUT2D eigenvalue weighted by Gasteiger charge is -2.17. The van der Waals surface area contributed by atoms with Crippen molar-refractivity contribution in [2.24, 2.45) is 5.92 Å². The fourth-order valence-electron chi connectivity index (χ4n) is 1.70. The third-order valence-corrected chi connectivity index (χ3v) is 2.73. The average Bonchev–Trinajstić information content (AvgIpc) is 2.70. The van der Waals surface area contributed by atoms with Gasteiger partial charge in [0.2, 0.25) is 11.2 Å². The van der Waals surface area contributed by atoms with Gasteiger partial charge < -0.3 is 4.74 Å². The summed E-state index contributed by atoms with van der Waals surface area (Å²) in [5, 5.41) is 0.0674. The van der Waals surface area contributed by atoms with E-state index in [1.807, 2.05) is 0 Å². The van der Waals surface area contributed by atoms with Crippen LogP contribution in [0.2, 0.25) is 5.28 Å². The van der Waals surface area contributed by atoms with Crippen molar-refractivity contribution in [3.63, 3.8) is 0 Å². The van der Waals surface area contributed by atoms with E-state index >= 15 is 0 Å². The van der Waals surface area contributed by atoms with Gasteiger partial charge in [-0.1, -0.05) is 0 Å². The Morgan fingerprint density at radius 3 is 3.06 bits per heavy atom. The Labute approximate surface area is 104 Å². The predicted molar refractivity (Wildman–Crippen MR) is 62.9 cm³/mol. The molecule has 1 aromatic heterocycles. The first kappa shape index (κ1) is 11.7. The second-order valence-corrected chi connectivity index (χ2v) is 3.94. The van der Waals surface area contributed by atoms with Crippen LogP contribution in [0, 0.1) is 18.3 Å². The van der Waals surface area contributed by atoms with Crippen molar-refractivity contribution in [1.29, 1.82) is 0 Å². The number of methoxy groups -OCH3 is 1. The van der Waals surface area contributed by atoms with E-state index in [0.717, 1.165) is 0 Å². The first-order valence-electron chi connectivity index (χ1n) is 4.98. The van der Waals surface area contributed by atoms with Crippen molar-refractivity contribution in [3.8, 4) is 18.1 Å². The number of terminal acetylenes is 1. The summed E-state index contributed by atoms with van der Waals surface area (Å²) in [4.78, 5) is 21.1. The molecular weight excluding hydrogens is 242 g/mol. The molecule has 1 amide bonds. The van der Waals surface area contributed by atoms with Crippen LogP contribution in [0.5, 0.6) is 5.75 Å². The molecule has 1 atom stereocenters. The van der Waals surface area contributed by atoms with Gasteiger partial charge in [0.05, 0.1) is 13.3 Å². The van der Waals surface area contributed by atoms with Crippen LogP contribution < -0.4 is 9.64 Å². The van der Waals surface area contributed by atoms with Crippen molar-refractivity contribution < 1.29 is 9.53 Å². The fraction of sp³-hybridized carbons (Fsp3) is 0.364. The van der Waals surface area contributed by atoms with Crippen LogP contribution in [-0.4, -0.2) is 29.5 Å². The number of hydrogen-bond donors (Lipinski definition) is 0. The average molecular weight is 252 g/mol. The number of aromatic nitrogens is 2. The molecule has 0 saturated carbocycles. The van der Waals surface area contributed by atoms with E-state index in [9.17, 15) is 4.79 Å². The minimum Gasteiger partial charge on any atom is -0.491 e. The van der Waals surface area contributed by atoms with Crippen molar-refractivity contribution in [2.45, 2.75) is 6.42 Å². The standard InChI is InChI=1S/C11H10ClN3O2/c1-3-7-4-9(16)15(6-7)10-8(17-2)5-13-11(12)14-10/h1,5,7H,4,6H2,2H3. The van der Waals surface area contributed by atoms with Gasteiger partial charge in [-0.2, -0.15) is 4.98 Å². The summed E-state index contributed by atoms with van der Waals surface area (Å²) in [6.45, 7) is 0.430. The Hall–Kier alpha value is -1.80. The van der Waals surface area contributed by atoms with E-state index in [1.54, 1.807) is 0 Å². The van der Waals surface area contributed by atoms with Crippen molar-refractivity contribution in [1.82, 2.24) is 9.97 Å². The first-order chi connectivity index (χ1) is 8.15. The molecule has 0 aliphatic carbocycles. The molecule has 1 saturated heterocycles. The lowest BCUT2D eigenvalue weighted by Crippen LogP contribution is -2.26. The van der Waals surface area contributed by atoms with Gasteiger partial charge in [0, 0.05) is 18.9 Å². The zero-order valence-corrected chi connectivity index (χ0v) is 9.94. The minimum atomic E-state index is -0.0963. The third-order valence-electron chi connectivity index (χ3n) is 2.54. The maximum Gasteiger partial charge on any atom is 0.229 e. The lowest BCUT2D eigenvalue weighted by molar-refractivity contribution is -0.117. The van der Waals surface area contributed by atoms with Crippen molar-refractivity contribution in [2.75, 3.05) is 18.6 Å². The van der Waals surface area contributed by atoms with E-state index < -0.39 is 0 Å². The molecule has 1 unspecified atom stereocenters. The number of ether oxygens (including phenoxy) is 1. The zero-order chi connectivity index (χ0) is 12.4. The van der Waals surface area contributed by atoms with Crippen LogP contribution in [-0.2, 0) is 4.79 Å². The summed E-state index contributed by atoms with van der Waals surface area (Å²) in [6, 6.07) is 0. The zero-order valence-electron chi connectivity index (χ0n) is 9.18. The first-order valence-corrected chi connectivity index (χ1v) is 5.36. The van der Waals surface area contributed by atoms with Gasteiger partial charge in [0.1, 0.15) is 0 Å². The smallest absolute Gasteiger partial charge is 0.229 e. The van der Waals surface area contributed by atoms with E-state index in [4.69, 9.17) is 22.8 Å². The van der Waals surface area contributed by atoms with Crippen LogP contribution in [0.4, 0.5) is 5.82 Å². The SMILES string of the molecule is C#CC1CC(=O)N(c2nc(Cl)ncc2OC)C1. The topological polar surface area (TPSA) is 55.3 Å². The summed E-state index contributed by atoms with van der Waals surface area (Å²) in [7, 11) is 1.48. The lowest BCUT2D eigenvalue weighted by atomic mass is 10.1. The molecule has 2 rings (SSSR count). The monoisotopic (exact) mass is 251 g/mol. The van der Waals surface area contributed by atoms with Gasteiger partial charge in [-0.3, -0.25) is 9.69 Å². The molecule has 5 nitrogen and oxygen atoms in total. The molecule has 1 aliphatic rings. The number of nitrogens with zero attached hydrogens (tertiary/aromatic N) is 3. The van der Waals surface area contributed by atoms with E-state index in [-0.39, 0.29) is 17.1 Å². The van der Waals surface area contributed by atoms with Gasteiger partial charge in [-0.15, -0.1) is 12.3 Å². The molecule has 0 aromatic carbocycles. The van der Waals surface area contributed by atoms with Crippen LogP contribution in [0.1, 0.15) is 6.42 Å². The van der Waals surface area contributed by atoms with Gasteiger partial charge in [-0.25, -0.2) is 4.98 Å². The Morgan fingerprint density at radius 1 is 1.71 bits per heavy atom. The molecule has 0 spiro atoms. The molecule has 1 aromatic rings. The molecule has 1 aliphatic heterocycles. The number of hydrogen-bond acceptors (Lipinski definition) is 4. The number of anilines is 1. The number of halogens is 1. The summed E-state index contributed by atoms with van der Waals surface area (Å²) in [5.41, 5.74) is 0. The highest BCUT2D eigenvalue weighted by Gasteiger charge is 2.32. The number of carbonyl (C=O) groups is 1. The highest BCUT2D eigenvalue weighted by molar-refractivity contribution is 6.28. The molecule has 2 heterocycles. The van der Waals surface area contributed by atoms with Gasteiger partial charge in [0.25, 0.3) is 0 Å². The molecule has 0 N–H and O–H groups in total. The van der Waals surface area contributed by atoms with E-state index in [1.165, 1.54) is 18.2 Å². The molecule has 0 bridgehead atoms. The second-order valence-electron chi connectivity index (χ2n) is 3.60. The Bertz CT molecular complexity index is 498. The van der Waals surface area contributed by atoms with Crippen LogP contribution in [0.15, 0.2) is 6.20 Å². The van der Waals surface area contributed by atoms with Crippen LogP contribution in [0.25, 0.3) is 0 Å². The molecule has 17 heavy (non-hydrogen) atoms. The second kappa shape index (κ2) is 4.60. The molecular formula is C11H10ClN3O2. The van der Waals surface area contributed by atoms with Gasteiger partial charge in [-0.05, 0) is 11.6 Å². The summed E-state index contributed by atoms with van der Waals surface area (Å²) < 4.78 is 5.10. The summed E-state index contributed by atoms with van der Waals surface area (Å²) in [5.74, 6) is 3.16. The van der Waals surface area contributed by atoms with Crippen molar-refractivity contribution >= 4 is 23.3 Å². The highest BCUT2D eigenvalue weighted by Crippen LogP contribution is 2.31. The summed E-state index contributed by atoms with van der Waals surface area (Å²) >= 11 is 5.71. The number of rotatable bonds is 2. The molecule has 88 valence electrons. The molecule has 1 fully saturated rings. The normalized spacial score (nSPS) is 19.2. The van der Waals surface area contributed by atoms with Gasteiger partial charge >= 0.3 is 0 Å². The number of amides is 1. The van der Waals surface area contributed by atoms with Crippen LogP contribution >= 0.6 is 11.6 Å². The maximum absolute atomic E-state index is 11.8. The van der Waals surface area contributed by atoms with Crippen LogP contribution in [0.3, 0.4) is 0 Å².